The van der Waals surface area contributed by atoms with E-state index in [0.29, 0.717) is 5.15 Å². The minimum atomic E-state index is 0.0101. The van der Waals surface area contributed by atoms with Crippen LogP contribution in [0.25, 0.3) is 11.1 Å². The summed E-state index contributed by atoms with van der Waals surface area (Å²) in [6.07, 6.45) is 1.73. The highest BCUT2D eigenvalue weighted by atomic mass is 35.5. The molecular formula is C14H13ClN2O. The maximum Gasteiger partial charge on any atom is 0.223 e. The molecule has 92 valence electrons. The van der Waals surface area contributed by atoms with Crippen molar-refractivity contribution in [1.82, 2.24) is 4.98 Å². The number of hydrogen-bond acceptors (Lipinski definition) is 2. The van der Waals surface area contributed by atoms with Crippen LogP contribution in [0.1, 0.15) is 6.92 Å². The van der Waals surface area contributed by atoms with Crippen LogP contribution in [-0.2, 0) is 4.79 Å². The highest BCUT2D eigenvalue weighted by Crippen LogP contribution is 2.23. The van der Waals surface area contributed by atoms with E-state index in [1.54, 1.807) is 24.2 Å². The first kappa shape index (κ1) is 12.6. The fourth-order valence-electron chi connectivity index (χ4n) is 1.61. The number of rotatable bonds is 2. The third-order valence-corrected chi connectivity index (χ3v) is 3.01. The molecule has 0 saturated heterocycles. The van der Waals surface area contributed by atoms with Crippen molar-refractivity contribution in [3.8, 4) is 11.1 Å². The van der Waals surface area contributed by atoms with E-state index in [9.17, 15) is 4.79 Å². The highest BCUT2D eigenvalue weighted by molar-refractivity contribution is 6.29. The Morgan fingerprint density at radius 1 is 1.11 bits per heavy atom. The van der Waals surface area contributed by atoms with E-state index in [4.69, 9.17) is 11.6 Å². The Kier molecular flexibility index (Phi) is 3.63. The SMILES string of the molecule is CC(=O)N(C)c1ccc(-c2ccc(Cl)nc2)cc1. The smallest absolute Gasteiger partial charge is 0.223 e. The van der Waals surface area contributed by atoms with Gasteiger partial charge in [-0.15, -0.1) is 0 Å². The maximum atomic E-state index is 11.2. The summed E-state index contributed by atoms with van der Waals surface area (Å²) in [7, 11) is 1.75. The van der Waals surface area contributed by atoms with E-state index in [1.807, 2.05) is 30.3 Å². The molecule has 0 aliphatic heterocycles. The number of pyridine rings is 1. The molecule has 18 heavy (non-hydrogen) atoms. The second-order valence-corrected chi connectivity index (χ2v) is 4.38. The van der Waals surface area contributed by atoms with Crippen LogP contribution in [-0.4, -0.2) is 17.9 Å². The molecule has 0 radical (unpaired) electrons. The van der Waals surface area contributed by atoms with Crippen molar-refractivity contribution in [2.45, 2.75) is 6.92 Å². The number of hydrogen-bond donors (Lipinski definition) is 0. The number of benzene rings is 1. The first-order chi connectivity index (χ1) is 8.58. The number of nitrogens with zero attached hydrogens (tertiary/aromatic N) is 2. The van der Waals surface area contributed by atoms with Crippen LogP contribution < -0.4 is 4.90 Å². The number of aromatic nitrogens is 1. The van der Waals surface area contributed by atoms with Crippen molar-refractivity contribution < 1.29 is 4.79 Å². The third kappa shape index (κ3) is 2.68. The molecule has 1 heterocycles. The molecule has 0 unspecified atom stereocenters. The Morgan fingerprint density at radius 3 is 2.22 bits per heavy atom. The normalized spacial score (nSPS) is 10.2. The van der Waals surface area contributed by atoms with Crippen LogP contribution in [0.4, 0.5) is 5.69 Å². The van der Waals surface area contributed by atoms with Gasteiger partial charge in [0.25, 0.3) is 0 Å². The van der Waals surface area contributed by atoms with Crippen LogP contribution in [0, 0.1) is 0 Å². The quantitative estimate of drug-likeness (QED) is 0.776. The molecule has 0 atom stereocenters. The summed E-state index contributed by atoms with van der Waals surface area (Å²) < 4.78 is 0. The molecule has 0 bridgehead atoms. The van der Waals surface area contributed by atoms with E-state index in [2.05, 4.69) is 4.98 Å². The summed E-state index contributed by atoms with van der Waals surface area (Å²) in [5, 5.41) is 0.478. The Hall–Kier alpha value is -1.87. The van der Waals surface area contributed by atoms with Gasteiger partial charge in [0, 0.05) is 31.4 Å². The van der Waals surface area contributed by atoms with E-state index in [0.717, 1.165) is 16.8 Å². The van der Waals surface area contributed by atoms with Crippen LogP contribution in [0.15, 0.2) is 42.6 Å². The summed E-state index contributed by atoms with van der Waals surface area (Å²) in [4.78, 5) is 16.9. The van der Waals surface area contributed by atoms with Gasteiger partial charge in [-0.05, 0) is 29.8 Å². The van der Waals surface area contributed by atoms with Crippen LogP contribution >= 0.6 is 11.6 Å². The Morgan fingerprint density at radius 2 is 1.72 bits per heavy atom. The van der Waals surface area contributed by atoms with Crippen LogP contribution in [0.5, 0.6) is 0 Å². The molecule has 1 aromatic heterocycles. The lowest BCUT2D eigenvalue weighted by Gasteiger charge is -2.15. The minimum Gasteiger partial charge on any atom is -0.316 e. The van der Waals surface area contributed by atoms with Crippen molar-refractivity contribution in [3.63, 3.8) is 0 Å². The van der Waals surface area contributed by atoms with Gasteiger partial charge in [0.05, 0.1) is 0 Å². The predicted octanol–water partition coefficient (Wildman–Crippen LogP) is 3.38. The molecule has 1 aromatic carbocycles. The summed E-state index contributed by atoms with van der Waals surface area (Å²) >= 11 is 5.75. The highest BCUT2D eigenvalue weighted by Gasteiger charge is 2.05. The second-order valence-electron chi connectivity index (χ2n) is 3.99. The number of carbonyl (C=O) groups is 1. The standard InChI is InChI=1S/C14H13ClN2O/c1-10(18)17(2)13-6-3-11(4-7-13)12-5-8-14(15)16-9-12/h3-9H,1-2H3. The molecule has 2 aromatic rings. The lowest BCUT2D eigenvalue weighted by atomic mass is 10.1. The van der Waals surface area contributed by atoms with E-state index < -0.39 is 0 Å². The van der Waals surface area contributed by atoms with E-state index in [-0.39, 0.29) is 5.91 Å². The molecule has 0 N–H and O–H groups in total. The minimum absolute atomic E-state index is 0.0101. The largest absolute Gasteiger partial charge is 0.316 e. The molecule has 0 aliphatic rings. The summed E-state index contributed by atoms with van der Waals surface area (Å²) in [6, 6.07) is 11.4. The predicted molar refractivity (Wildman–Crippen MR) is 73.8 cm³/mol. The Bertz CT molecular complexity index is 549. The Labute approximate surface area is 111 Å². The van der Waals surface area contributed by atoms with Gasteiger partial charge in [0.15, 0.2) is 0 Å². The third-order valence-electron chi connectivity index (χ3n) is 2.79. The van der Waals surface area contributed by atoms with Gasteiger partial charge in [-0.1, -0.05) is 23.7 Å². The molecule has 3 nitrogen and oxygen atoms in total. The average Bonchev–Trinajstić information content (AvgIpc) is 2.39. The molecule has 0 aliphatic carbocycles. The molecule has 1 amide bonds. The number of halogens is 1. The van der Waals surface area contributed by atoms with Crippen LogP contribution in [0.2, 0.25) is 5.15 Å². The Balaban J connectivity index is 2.27. The summed E-state index contributed by atoms with van der Waals surface area (Å²) in [5.41, 5.74) is 2.91. The number of anilines is 1. The van der Waals surface area contributed by atoms with Gasteiger partial charge < -0.3 is 4.90 Å². The number of carbonyl (C=O) groups excluding carboxylic acids is 1. The van der Waals surface area contributed by atoms with E-state index >= 15 is 0 Å². The lowest BCUT2D eigenvalue weighted by Crippen LogP contribution is -2.22. The molecule has 2 rings (SSSR count). The fraction of sp³-hybridized carbons (Fsp3) is 0.143. The molecule has 0 saturated carbocycles. The van der Waals surface area contributed by atoms with Gasteiger partial charge >= 0.3 is 0 Å². The van der Waals surface area contributed by atoms with E-state index in [1.165, 1.54) is 6.92 Å². The topological polar surface area (TPSA) is 33.2 Å². The monoisotopic (exact) mass is 260 g/mol. The van der Waals surface area contributed by atoms with Crippen molar-refractivity contribution >= 4 is 23.2 Å². The molecule has 0 fully saturated rings. The first-order valence-electron chi connectivity index (χ1n) is 5.54. The number of amides is 1. The van der Waals surface area contributed by atoms with Gasteiger partial charge in [0.1, 0.15) is 5.15 Å². The summed E-state index contributed by atoms with van der Waals surface area (Å²) in [6.45, 7) is 1.54. The van der Waals surface area contributed by atoms with Crippen molar-refractivity contribution in [2.24, 2.45) is 0 Å². The van der Waals surface area contributed by atoms with Gasteiger partial charge in [-0.25, -0.2) is 4.98 Å². The molecular weight excluding hydrogens is 248 g/mol. The molecule has 0 spiro atoms. The molecule has 4 heteroatoms. The average molecular weight is 261 g/mol. The maximum absolute atomic E-state index is 11.2. The fourth-order valence-corrected chi connectivity index (χ4v) is 1.72. The zero-order valence-electron chi connectivity index (χ0n) is 10.2. The van der Waals surface area contributed by atoms with Crippen molar-refractivity contribution in [1.29, 1.82) is 0 Å². The zero-order valence-corrected chi connectivity index (χ0v) is 11.0. The van der Waals surface area contributed by atoms with Gasteiger partial charge in [0.2, 0.25) is 5.91 Å². The zero-order chi connectivity index (χ0) is 13.1. The van der Waals surface area contributed by atoms with Crippen molar-refractivity contribution in [3.05, 3.63) is 47.7 Å². The first-order valence-corrected chi connectivity index (χ1v) is 5.92. The summed E-state index contributed by atoms with van der Waals surface area (Å²) in [5.74, 6) is 0.0101. The second kappa shape index (κ2) is 5.19. The lowest BCUT2D eigenvalue weighted by molar-refractivity contribution is -0.116. The van der Waals surface area contributed by atoms with Gasteiger partial charge in [-0.2, -0.15) is 0 Å². The van der Waals surface area contributed by atoms with Crippen molar-refractivity contribution in [2.75, 3.05) is 11.9 Å². The van der Waals surface area contributed by atoms with Gasteiger partial charge in [-0.3, -0.25) is 4.79 Å². The van der Waals surface area contributed by atoms with Crippen LogP contribution in [0.3, 0.4) is 0 Å².